The van der Waals surface area contributed by atoms with E-state index in [0.717, 1.165) is 16.9 Å². The van der Waals surface area contributed by atoms with Gasteiger partial charge in [0.05, 0.1) is 20.8 Å². The van der Waals surface area contributed by atoms with Gasteiger partial charge in [0.1, 0.15) is 22.8 Å². The fraction of sp³-hybridized carbons (Fsp3) is 0.357. The predicted molar refractivity (Wildman–Crippen MR) is 138 cm³/mol. The van der Waals surface area contributed by atoms with Gasteiger partial charge >= 0.3 is 0 Å². The van der Waals surface area contributed by atoms with Gasteiger partial charge in [-0.3, -0.25) is 14.5 Å². The number of hydrogen-bond donors (Lipinski definition) is 1. The number of benzene rings is 2. The molecule has 0 bridgehead atoms. The molecule has 2 aromatic carbocycles. The zero-order valence-electron chi connectivity index (χ0n) is 21.1. The number of rotatable bonds is 9. The molecule has 1 aliphatic heterocycles. The number of nitrogens with one attached hydrogen (secondary N) is 1. The number of hydrogen-bond acceptors (Lipinski definition) is 6. The van der Waals surface area contributed by atoms with Crippen molar-refractivity contribution in [1.29, 1.82) is 0 Å². The summed E-state index contributed by atoms with van der Waals surface area (Å²) in [6.45, 7) is 5.43. The van der Waals surface area contributed by atoms with Crippen LogP contribution in [0.15, 0.2) is 59.4 Å². The Hall–Kier alpha value is -3.78. The SMILES string of the molecule is CCOc1ccccc1CN1CCc2c(C(=O)NCc3ccccc3OC)c(OC)cc(=O)n2CC1. The molecule has 0 aliphatic carbocycles. The zero-order valence-corrected chi connectivity index (χ0v) is 21.1. The Morgan fingerprint density at radius 2 is 1.61 bits per heavy atom. The van der Waals surface area contributed by atoms with Gasteiger partial charge in [0, 0.05) is 62.0 Å². The van der Waals surface area contributed by atoms with E-state index in [1.165, 1.54) is 13.2 Å². The molecule has 0 atom stereocenters. The summed E-state index contributed by atoms with van der Waals surface area (Å²) >= 11 is 0. The Morgan fingerprint density at radius 3 is 2.33 bits per heavy atom. The average molecular weight is 492 g/mol. The summed E-state index contributed by atoms with van der Waals surface area (Å²) in [6.07, 6.45) is 0.542. The van der Waals surface area contributed by atoms with Gasteiger partial charge in [0.25, 0.3) is 11.5 Å². The van der Waals surface area contributed by atoms with Crippen LogP contribution in [0.5, 0.6) is 17.2 Å². The number of pyridine rings is 1. The number of carbonyl (C=O) groups is 1. The molecular formula is C28H33N3O5. The first-order chi connectivity index (χ1) is 17.5. The van der Waals surface area contributed by atoms with Crippen LogP contribution in [0.4, 0.5) is 0 Å². The summed E-state index contributed by atoms with van der Waals surface area (Å²) in [4.78, 5) is 28.6. The minimum atomic E-state index is -0.281. The predicted octanol–water partition coefficient (Wildman–Crippen LogP) is 3.25. The fourth-order valence-corrected chi connectivity index (χ4v) is 4.64. The van der Waals surface area contributed by atoms with E-state index >= 15 is 0 Å². The molecule has 0 saturated heterocycles. The quantitative estimate of drug-likeness (QED) is 0.495. The zero-order chi connectivity index (χ0) is 25.5. The lowest BCUT2D eigenvalue weighted by molar-refractivity contribution is 0.0945. The van der Waals surface area contributed by atoms with Crippen molar-refractivity contribution >= 4 is 5.91 Å². The summed E-state index contributed by atoms with van der Waals surface area (Å²) in [5.74, 6) is 1.59. The molecule has 8 heteroatoms. The van der Waals surface area contributed by atoms with Gasteiger partial charge in [0.2, 0.25) is 0 Å². The summed E-state index contributed by atoms with van der Waals surface area (Å²) < 4.78 is 18.4. The van der Waals surface area contributed by atoms with Gasteiger partial charge in [-0.05, 0) is 19.1 Å². The smallest absolute Gasteiger partial charge is 0.257 e. The summed E-state index contributed by atoms with van der Waals surface area (Å²) in [5.41, 5.74) is 2.90. The van der Waals surface area contributed by atoms with Crippen molar-refractivity contribution in [3.63, 3.8) is 0 Å². The molecule has 1 N–H and O–H groups in total. The molecular weight excluding hydrogens is 458 g/mol. The molecule has 0 radical (unpaired) electrons. The van der Waals surface area contributed by atoms with Crippen LogP contribution in [0.1, 0.15) is 34.1 Å². The van der Waals surface area contributed by atoms with Crippen LogP contribution in [-0.4, -0.2) is 49.3 Å². The van der Waals surface area contributed by atoms with E-state index in [0.29, 0.717) is 68.5 Å². The first kappa shape index (κ1) is 25.3. The van der Waals surface area contributed by atoms with E-state index in [1.54, 1.807) is 11.7 Å². The third-order valence-corrected chi connectivity index (χ3v) is 6.43. The molecule has 8 nitrogen and oxygen atoms in total. The minimum absolute atomic E-state index is 0.167. The van der Waals surface area contributed by atoms with Crippen molar-refractivity contribution < 1.29 is 19.0 Å². The largest absolute Gasteiger partial charge is 0.496 e. The lowest BCUT2D eigenvalue weighted by Crippen LogP contribution is -2.31. The van der Waals surface area contributed by atoms with E-state index in [-0.39, 0.29) is 11.5 Å². The van der Waals surface area contributed by atoms with Crippen molar-refractivity contribution in [3.8, 4) is 17.2 Å². The third-order valence-electron chi connectivity index (χ3n) is 6.43. The van der Waals surface area contributed by atoms with Crippen LogP contribution in [0.2, 0.25) is 0 Å². The van der Waals surface area contributed by atoms with Crippen molar-refractivity contribution in [2.75, 3.05) is 33.9 Å². The highest BCUT2D eigenvalue weighted by Crippen LogP contribution is 2.25. The highest BCUT2D eigenvalue weighted by molar-refractivity contribution is 5.98. The average Bonchev–Trinajstić information content (AvgIpc) is 3.11. The summed E-state index contributed by atoms with van der Waals surface area (Å²) in [7, 11) is 3.09. The number of para-hydroxylation sites is 2. The maximum absolute atomic E-state index is 13.4. The molecule has 0 fully saturated rings. The first-order valence-corrected chi connectivity index (χ1v) is 12.2. The van der Waals surface area contributed by atoms with Crippen molar-refractivity contribution in [2.24, 2.45) is 0 Å². The highest BCUT2D eigenvalue weighted by Gasteiger charge is 2.25. The standard InChI is InChI=1S/C28H33N3O5/c1-4-36-24-12-8-6-10-21(24)19-30-14-13-22-27(25(35-3)17-26(32)31(22)16-15-30)28(33)29-18-20-9-5-7-11-23(20)34-2/h5-12,17H,4,13-16,18-19H2,1-3H3,(H,29,33). The number of carbonyl (C=O) groups excluding carboxylic acids is 1. The second-order valence-electron chi connectivity index (χ2n) is 8.59. The first-order valence-electron chi connectivity index (χ1n) is 12.2. The molecule has 0 saturated carbocycles. The Morgan fingerprint density at radius 1 is 0.917 bits per heavy atom. The minimum Gasteiger partial charge on any atom is -0.496 e. The molecule has 36 heavy (non-hydrogen) atoms. The van der Waals surface area contributed by atoms with E-state index < -0.39 is 0 Å². The molecule has 2 heterocycles. The van der Waals surface area contributed by atoms with Gasteiger partial charge in [-0.2, -0.15) is 0 Å². The second kappa shape index (κ2) is 11.8. The van der Waals surface area contributed by atoms with Crippen LogP contribution in [-0.2, 0) is 26.1 Å². The lowest BCUT2D eigenvalue weighted by atomic mass is 10.1. The van der Waals surface area contributed by atoms with Crippen molar-refractivity contribution in [3.05, 3.63) is 87.3 Å². The molecule has 0 spiro atoms. The van der Waals surface area contributed by atoms with E-state index in [2.05, 4.69) is 16.3 Å². The molecule has 3 aromatic rings. The third kappa shape index (κ3) is 5.54. The number of ether oxygens (including phenoxy) is 3. The molecule has 190 valence electrons. The van der Waals surface area contributed by atoms with Gasteiger partial charge in [-0.1, -0.05) is 36.4 Å². The second-order valence-corrected chi connectivity index (χ2v) is 8.59. The van der Waals surface area contributed by atoms with Gasteiger partial charge in [-0.15, -0.1) is 0 Å². The monoisotopic (exact) mass is 491 g/mol. The molecule has 4 rings (SSSR count). The number of methoxy groups -OCH3 is 2. The van der Waals surface area contributed by atoms with E-state index in [1.807, 2.05) is 49.4 Å². The van der Waals surface area contributed by atoms with Crippen LogP contribution in [0.25, 0.3) is 0 Å². The topological polar surface area (TPSA) is 82.0 Å². The van der Waals surface area contributed by atoms with Crippen LogP contribution < -0.4 is 25.1 Å². The van der Waals surface area contributed by atoms with Crippen LogP contribution in [0, 0.1) is 0 Å². The van der Waals surface area contributed by atoms with Gasteiger partial charge in [-0.25, -0.2) is 0 Å². The fourth-order valence-electron chi connectivity index (χ4n) is 4.64. The Balaban J connectivity index is 1.57. The number of amides is 1. The Labute approximate surface area is 211 Å². The number of aromatic nitrogens is 1. The Kier molecular flexibility index (Phi) is 8.28. The molecule has 1 amide bonds. The normalized spacial score (nSPS) is 13.4. The maximum Gasteiger partial charge on any atom is 0.257 e. The Bertz CT molecular complexity index is 1270. The molecule has 1 aliphatic rings. The van der Waals surface area contributed by atoms with E-state index in [9.17, 15) is 9.59 Å². The van der Waals surface area contributed by atoms with Crippen molar-refractivity contribution in [1.82, 2.24) is 14.8 Å². The van der Waals surface area contributed by atoms with Gasteiger partial charge < -0.3 is 24.1 Å². The molecule has 0 unspecified atom stereocenters. The number of fused-ring (bicyclic) bond motifs is 1. The molecule has 1 aromatic heterocycles. The number of nitrogens with zero attached hydrogens (tertiary/aromatic N) is 2. The lowest BCUT2D eigenvalue weighted by Gasteiger charge is -2.21. The maximum atomic E-state index is 13.4. The van der Waals surface area contributed by atoms with Gasteiger partial charge in [0.15, 0.2) is 0 Å². The van der Waals surface area contributed by atoms with Crippen LogP contribution >= 0.6 is 0 Å². The van der Waals surface area contributed by atoms with Crippen LogP contribution in [0.3, 0.4) is 0 Å². The summed E-state index contributed by atoms with van der Waals surface area (Å²) in [6, 6.07) is 17.0. The summed E-state index contributed by atoms with van der Waals surface area (Å²) in [5, 5.41) is 2.98. The van der Waals surface area contributed by atoms with E-state index in [4.69, 9.17) is 14.2 Å². The van der Waals surface area contributed by atoms with Crippen molar-refractivity contribution in [2.45, 2.75) is 33.0 Å². The highest BCUT2D eigenvalue weighted by atomic mass is 16.5.